The molecule has 0 bridgehead atoms. The zero-order chi connectivity index (χ0) is 16.6. The van der Waals surface area contributed by atoms with Gasteiger partial charge in [0.2, 0.25) is 0 Å². The average Bonchev–Trinajstić information content (AvgIpc) is 2.91. The topological polar surface area (TPSA) is 75.2 Å². The largest absolute Gasteiger partial charge is 0.503 e. The predicted molar refractivity (Wildman–Crippen MR) is 83.3 cm³/mol. The zero-order valence-corrected chi connectivity index (χ0v) is 12.8. The minimum atomic E-state index is -0.571. The maximum absolute atomic E-state index is 12.9. The van der Waals surface area contributed by atoms with E-state index in [9.17, 15) is 14.3 Å². The van der Waals surface area contributed by atoms with E-state index < -0.39 is 5.97 Å². The Balaban J connectivity index is 2.00. The molecule has 0 fully saturated rings. The maximum Gasteiger partial charge on any atom is 0.308 e. The normalized spacial score (nSPS) is 10.9. The Morgan fingerprint density at radius 3 is 2.74 bits per heavy atom. The third-order valence-corrected chi connectivity index (χ3v) is 3.54. The van der Waals surface area contributed by atoms with Gasteiger partial charge in [-0.3, -0.25) is 4.79 Å². The number of aromatic nitrogens is 2. The van der Waals surface area contributed by atoms with Crippen molar-refractivity contribution in [1.29, 1.82) is 0 Å². The predicted octanol–water partition coefficient (Wildman–Crippen LogP) is 3.58. The smallest absolute Gasteiger partial charge is 0.308 e. The molecule has 0 aliphatic carbocycles. The summed E-state index contributed by atoms with van der Waals surface area (Å²) in [4.78, 5) is 18.3. The number of hydrogen-bond donors (Lipinski definition) is 2. The molecule has 3 aromatic rings. The van der Waals surface area contributed by atoms with Crippen molar-refractivity contribution in [1.82, 2.24) is 9.97 Å². The summed E-state index contributed by atoms with van der Waals surface area (Å²) in [6, 6.07) is 7.37. The van der Waals surface area contributed by atoms with Crippen LogP contribution in [0.1, 0.15) is 18.3 Å². The van der Waals surface area contributed by atoms with Crippen molar-refractivity contribution in [3.63, 3.8) is 0 Å². The van der Waals surface area contributed by atoms with E-state index in [1.807, 2.05) is 0 Å². The number of phenolic OH excluding ortho intramolecular Hbond substituents is 1. The van der Waals surface area contributed by atoms with Gasteiger partial charge in [-0.25, -0.2) is 9.37 Å². The van der Waals surface area contributed by atoms with Gasteiger partial charge in [0.1, 0.15) is 17.2 Å². The number of rotatable bonds is 3. The molecule has 0 saturated heterocycles. The lowest BCUT2D eigenvalue weighted by molar-refractivity contribution is -0.132. The second kappa shape index (κ2) is 5.89. The maximum atomic E-state index is 12.9. The van der Waals surface area contributed by atoms with E-state index in [2.05, 4.69) is 9.97 Å². The summed E-state index contributed by atoms with van der Waals surface area (Å²) in [6.07, 6.45) is 0.410. The van der Waals surface area contributed by atoms with E-state index in [1.54, 1.807) is 12.1 Å². The van der Waals surface area contributed by atoms with Crippen LogP contribution < -0.4 is 4.74 Å². The third kappa shape index (κ3) is 3.12. The van der Waals surface area contributed by atoms with Gasteiger partial charge in [0.05, 0.1) is 10.5 Å². The van der Waals surface area contributed by atoms with Gasteiger partial charge in [-0.1, -0.05) is 23.7 Å². The molecule has 118 valence electrons. The fourth-order valence-electron chi connectivity index (χ4n) is 2.25. The molecule has 1 aromatic heterocycles. The molecule has 0 unspecified atom stereocenters. The number of esters is 1. The highest BCUT2D eigenvalue weighted by molar-refractivity contribution is 6.35. The number of halogens is 2. The number of nitrogens with zero attached hydrogens (tertiary/aromatic N) is 1. The summed E-state index contributed by atoms with van der Waals surface area (Å²) >= 11 is 6.13. The van der Waals surface area contributed by atoms with E-state index in [4.69, 9.17) is 16.3 Å². The van der Waals surface area contributed by atoms with Crippen LogP contribution in [0.15, 0.2) is 30.3 Å². The van der Waals surface area contributed by atoms with Crippen molar-refractivity contribution in [2.24, 2.45) is 0 Å². The number of nitrogens with one attached hydrogen (secondary N) is 1. The number of benzene rings is 2. The number of carbonyl (C=O) groups excluding carboxylic acids is 1. The highest BCUT2D eigenvalue weighted by Gasteiger charge is 2.17. The molecule has 5 nitrogen and oxygen atoms in total. The minimum absolute atomic E-state index is 0.0465. The van der Waals surface area contributed by atoms with Crippen LogP contribution in [0.3, 0.4) is 0 Å². The van der Waals surface area contributed by atoms with Gasteiger partial charge in [-0.05, 0) is 17.7 Å². The lowest BCUT2D eigenvalue weighted by atomic mass is 10.1. The quantitative estimate of drug-likeness (QED) is 0.567. The molecule has 0 amide bonds. The Labute approximate surface area is 135 Å². The van der Waals surface area contributed by atoms with Crippen molar-refractivity contribution in [3.8, 4) is 11.5 Å². The Morgan fingerprint density at radius 1 is 1.39 bits per heavy atom. The highest BCUT2D eigenvalue weighted by Crippen LogP contribution is 2.38. The number of aromatic amines is 1. The molecule has 23 heavy (non-hydrogen) atoms. The minimum Gasteiger partial charge on any atom is -0.503 e. The first-order chi connectivity index (χ1) is 10.9. The van der Waals surface area contributed by atoms with Crippen molar-refractivity contribution in [2.75, 3.05) is 0 Å². The lowest BCUT2D eigenvalue weighted by Crippen LogP contribution is -2.01. The van der Waals surface area contributed by atoms with Gasteiger partial charge in [0, 0.05) is 19.4 Å². The number of phenols is 1. The lowest BCUT2D eigenvalue weighted by Gasteiger charge is -2.05. The highest BCUT2D eigenvalue weighted by atomic mass is 35.5. The molecule has 0 atom stereocenters. The molecular formula is C16H12ClFN2O3. The number of fused-ring (bicyclic) bond motifs is 1. The molecule has 0 aliphatic rings. The van der Waals surface area contributed by atoms with Gasteiger partial charge in [-0.15, -0.1) is 0 Å². The van der Waals surface area contributed by atoms with Crippen molar-refractivity contribution in [3.05, 3.63) is 52.6 Å². The third-order valence-electron chi connectivity index (χ3n) is 3.25. The number of carbonyl (C=O) groups is 1. The summed E-state index contributed by atoms with van der Waals surface area (Å²) in [7, 11) is 0. The Bertz CT molecular complexity index is 890. The Hall–Kier alpha value is -2.60. The fraction of sp³-hybridized carbons (Fsp3) is 0.125. The molecule has 0 radical (unpaired) electrons. The Kier molecular flexibility index (Phi) is 3.92. The van der Waals surface area contributed by atoms with Gasteiger partial charge < -0.3 is 14.8 Å². The molecule has 1 heterocycles. The SMILES string of the molecule is CC(=O)Oc1cc(Cl)c2[nH]c(Cc3ccc(F)cc3)nc2c1O. The first kappa shape index (κ1) is 15.3. The van der Waals surface area contributed by atoms with Crippen LogP contribution in [-0.2, 0) is 11.2 Å². The van der Waals surface area contributed by atoms with Crippen LogP contribution >= 0.6 is 11.6 Å². The van der Waals surface area contributed by atoms with Crippen LogP contribution in [0.25, 0.3) is 11.0 Å². The number of aromatic hydroxyl groups is 1. The van der Waals surface area contributed by atoms with Crippen LogP contribution in [0.4, 0.5) is 4.39 Å². The second-order valence-corrected chi connectivity index (χ2v) is 5.42. The van der Waals surface area contributed by atoms with E-state index in [-0.39, 0.29) is 27.9 Å². The molecule has 7 heteroatoms. The standard InChI is InChI=1S/C16H12ClFN2O3/c1-8(21)23-12-7-11(17)14-15(16(12)22)20-13(19-14)6-9-2-4-10(18)5-3-9/h2-5,7,22H,6H2,1H3,(H,19,20). The molecule has 3 rings (SSSR count). The zero-order valence-electron chi connectivity index (χ0n) is 12.1. The van der Waals surface area contributed by atoms with Gasteiger partial charge in [0.15, 0.2) is 11.5 Å². The molecule has 0 saturated carbocycles. The van der Waals surface area contributed by atoms with E-state index in [0.29, 0.717) is 17.8 Å². The molecule has 0 spiro atoms. The van der Waals surface area contributed by atoms with Gasteiger partial charge >= 0.3 is 5.97 Å². The second-order valence-electron chi connectivity index (χ2n) is 5.01. The number of imidazole rings is 1. The fourth-order valence-corrected chi connectivity index (χ4v) is 2.49. The van der Waals surface area contributed by atoms with Crippen LogP contribution in [0.2, 0.25) is 5.02 Å². The van der Waals surface area contributed by atoms with E-state index in [0.717, 1.165) is 5.56 Å². The van der Waals surface area contributed by atoms with Crippen LogP contribution in [0, 0.1) is 5.82 Å². The summed E-state index contributed by atoms with van der Waals surface area (Å²) in [5.41, 5.74) is 1.50. The molecule has 2 N–H and O–H groups in total. The van der Waals surface area contributed by atoms with Crippen molar-refractivity contribution >= 4 is 28.6 Å². The monoisotopic (exact) mass is 334 g/mol. The molecule has 0 aliphatic heterocycles. The van der Waals surface area contributed by atoms with Crippen molar-refractivity contribution < 1.29 is 19.0 Å². The number of ether oxygens (including phenoxy) is 1. The summed E-state index contributed by atoms with van der Waals surface area (Å²) in [5.74, 6) is -0.650. The first-order valence-corrected chi connectivity index (χ1v) is 7.14. The first-order valence-electron chi connectivity index (χ1n) is 6.77. The van der Waals surface area contributed by atoms with Gasteiger partial charge in [0.25, 0.3) is 0 Å². The molecule has 2 aromatic carbocycles. The van der Waals surface area contributed by atoms with E-state index in [1.165, 1.54) is 25.1 Å². The average molecular weight is 335 g/mol. The van der Waals surface area contributed by atoms with Crippen LogP contribution in [0.5, 0.6) is 11.5 Å². The van der Waals surface area contributed by atoms with Crippen molar-refractivity contribution in [2.45, 2.75) is 13.3 Å². The summed E-state index contributed by atoms with van der Waals surface area (Å²) in [5, 5.41) is 10.4. The molecular weight excluding hydrogens is 323 g/mol. The number of hydrogen-bond acceptors (Lipinski definition) is 4. The van der Waals surface area contributed by atoms with Gasteiger partial charge in [-0.2, -0.15) is 0 Å². The number of H-pyrrole nitrogens is 1. The summed E-state index contributed by atoms with van der Waals surface area (Å²) < 4.78 is 17.8. The van der Waals surface area contributed by atoms with E-state index >= 15 is 0 Å². The van der Waals surface area contributed by atoms with Crippen LogP contribution in [-0.4, -0.2) is 21.0 Å². The Morgan fingerprint density at radius 2 is 2.09 bits per heavy atom. The summed E-state index contributed by atoms with van der Waals surface area (Å²) in [6.45, 7) is 1.22.